The first-order valence-corrected chi connectivity index (χ1v) is 4.89. The molecule has 0 bridgehead atoms. The molecule has 3 heteroatoms. The van der Waals surface area contributed by atoms with Crippen molar-refractivity contribution in [3.05, 3.63) is 29.3 Å². The van der Waals surface area contributed by atoms with Crippen LogP contribution in [0.4, 0.5) is 5.69 Å². The standard InChI is InChI=1S/C11H15NO2/c1-14-11(13)9-5-4-8-3-2-6-12-10(8)7-9/h4-5,7,11-13H,2-3,6H2,1H3. The number of ether oxygens (including phenoxy) is 1. The Morgan fingerprint density at radius 1 is 1.50 bits per heavy atom. The fourth-order valence-electron chi connectivity index (χ4n) is 1.77. The monoisotopic (exact) mass is 193 g/mol. The number of aliphatic hydroxyl groups is 1. The maximum absolute atomic E-state index is 9.48. The normalized spacial score (nSPS) is 17.0. The molecule has 1 heterocycles. The van der Waals surface area contributed by atoms with Gasteiger partial charge in [-0.05, 0) is 24.5 Å². The summed E-state index contributed by atoms with van der Waals surface area (Å²) in [7, 11) is 1.50. The van der Waals surface area contributed by atoms with E-state index in [1.807, 2.05) is 12.1 Å². The van der Waals surface area contributed by atoms with E-state index in [1.165, 1.54) is 19.1 Å². The van der Waals surface area contributed by atoms with Gasteiger partial charge in [-0.25, -0.2) is 0 Å². The van der Waals surface area contributed by atoms with Crippen molar-refractivity contribution in [1.29, 1.82) is 0 Å². The predicted octanol–water partition coefficient (Wildman–Crippen LogP) is 1.68. The molecule has 0 aromatic heterocycles. The Bertz CT molecular complexity index is 325. The quantitative estimate of drug-likeness (QED) is 0.702. The fraction of sp³-hybridized carbons (Fsp3) is 0.455. The van der Waals surface area contributed by atoms with Crippen molar-refractivity contribution in [2.75, 3.05) is 19.0 Å². The molecule has 2 rings (SSSR count). The summed E-state index contributed by atoms with van der Waals surface area (Å²) in [4.78, 5) is 0. The van der Waals surface area contributed by atoms with Crippen LogP contribution in [-0.2, 0) is 11.2 Å². The number of nitrogens with one attached hydrogen (secondary N) is 1. The van der Waals surface area contributed by atoms with Crippen molar-refractivity contribution in [1.82, 2.24) is 0 Å². The van der Waals surface area contributed by atoms with Gasteiger partial charge in [0.25, 0.3) is 0 Å². The van der Waals surface area contributed by atoms with Gasteiger partial charge in [0, 0.05) is 24.9 Å². The van der Waals surface area contributed by atoms with Crippen molar-refractivity contribution in [3.8, 4) is 0 Å². The summed E-state index contributed by atoms with van der Waals surface area (Å²) in [5.74, 6) is 0. The second kappa shape index (κ2) is 3.98. The summed E-state index contributed by atoms with van der Waals surface area (Å²) < 4.78 is 4.86. The molecular formula is C11H15NO2. The van der Waals surface area contributed by atoms with Crippen molar-refractivity contribution in [2.45, 2.75) is 19.1 Å². The summed E-state index contributed by atoms with van der Waals surface area (Å²) in [6.45, 7) is 1.01. The van der Waals surface area contributed by atoms with Gasteiger partial charge in [0.2, 0.25) is 0 Å². The Morgan fingerprint density at radius 3 is 3.14 bits per heavy atom. The van der Waals surface area contributed by atoms with Crippen LogP contribution in [0.5, 0.6) is 0 Å². The smallest absolute Gasteiger partial charge is 0.180 e. The van der Waals surface area contributed by atoms with Crippen LogP contribution in [-0.4, -0.2) is 18.8 Å². The fourth-order valence-corrected chi connectivity index (χ4v) is 1.77. The summed E-state index contributed by atoms with van der Waals surface area (Å²) in [5, 5.41) is 12.8. The number of hydrogen-bond donors (Lipinski definition) is 2. The number of aryl methyl sites for hydroxylation is 1. The minimum atomic E-state index is -0.816. The first-order chi connectivity index (χ1) is 6.81. The van der Waals surface area contributed by atoms with Gasteiger partial charge in [-0.3, -0.25) is 0 Å². The first kappa shape index (κ1) is 9.49. The number of anilines is 1. The molecule has 1 aliphatic heterocycles. The molecular weight excluding hydrogens is 178 g/mol. The summed E-state index contributed by atoms with van der Waals surface area (Å²) in [6.07, 6.45) is 1.48. The number of rotatable bonds is 2. The molecule has 0 saturated carbocycles. The average Bonchev–Trinajstić information content (AvgIpc) is 2.27. The number of methoxy groups -OCH3 is 1. The number of benzene rings is 1. The summed E-state index contributed by atoms with van der Waals surface area (Å²) in [5.41, 5.74) is 3.26. The van der Waals surface area contributed by atoms with Gasteiger partial charge < -0.3 is 15.2 Å². The largest absolute Gasteiger partial charge is 0.385 e. The lowest BCUT2D eigenvalue weighted by molar-refractivity contribution is -0.0769. The Labute approximate surface area is 83.7 Å². The Balaban J connectivity index is 2.29. The highest BCUT2D eigenvalue weighted by atomic mass is 16.6. The highest BCUT2D eigenvalue weighted by Crippen LogP contribution is 2.25. The van der Waals surface area contributed by atoms with Gasteiger partial charge in [-0.15, -0.1) is 0 Å². The lowest BCUT2D eigenvalue weighted by atomic mass is 10.0. The van der Waals surface area contributed by atoms with E-state index in [0.717, 1.165) is 24.2 Å². The average molecular weight is 193 g/mol. The molecule has 76 valence electrons. The van der Waals surface area contributed by atoms with E-state index >= 15 is 0 Å². The van der Waals surface area contributed by atoms with Crippen LogP contribution in [0.25, 0.3) is 0 Å². The Kier molecular flexibility index (Phi) is 2.70. The Morgan fingerprint density at radius 2 is 2.36 bits per heavy atom. The molecule has 0 fully saturated rings. The van der Waals surface area contributed by atoms with Crippen LogP contribution in [0, 0.1) is 0 Å². The third-order valence-corrected chi connectivity index (χ3v) is 2.58. The molecule has 1 aliphatic rings. The predicted molar refractivity (Wildman–Crippen MR) is 55.2 cm³/mol. The van der Waals surface area contributed by atoms with E-state index in [-0.39, 0.29) is 0 Å². The third-order valence-electron chi connectivity index (χ3n) is 2.58. The molecule has 1 aromatic rings. The summed E-state index contributed by atoms with van der Waals surface area (Å²) in [6, 6.07) is 5.93. The number of aliphatic hydroxyl groups excluding tert-OH is 1. The van der Waals surface area contributed by atoms with E-state index in [0.29, 0.717) is 0 Å². The van der Waals surface area contributed by atoms with Crippen LogP contribution in [0.1, 0.15) is 23.8 Å². The molecule has 0 amide bonds. The van der Waals surface area contributed by atoms with E-state index in [4.69, 9.17) is 4.74 Å². The highest BCUT2D eigenvalue weighted by Gasteiger charge is 2.11. The molecule has 1 atom stereocenters. The second-order valence-electron chi connectivity index (χ2n) is 3.53. The number of fused-ring (bicyclic) bond motifs is 1. The Hall–Kier alpha value is -1.06. The van der Waals surface area contributed by atoms with Crippen molar-refractivity contribution >= 4 is 5.69 Å². The van der Waals surface area contributed by atoms with Crippen molar-refractivity contribution in [3.63, 3.8) is 0 Å². The van der Waals surface area contributed by atoms with Crippen LogP contribution in [0.2, 0.25) is 0 Å². The van der Waals surface area contributed by atoms with Crippen LogP contribution in [0.3, 0.4) is 0 Å². The molecule has 2 N–H and O–H groups in total. The van der Waals surface area contributed by atoms with Gasteiger partial charge in [0.15, 0.2) is 6.29 Å². The molecule has 14 heavy (non-hydrogen) atoms. The van der Waals surface area contributed by atoms with Crippen molar-refractivity contribution < 1.29 is 9.84 Å². The lowest BCUT2D eigenvalue weighted by Crippen LogP contribution is -2.12. The minimum absolute atomic E-state index is 0.806. The minimum Gasteiger partial charge on any atom is -0.385 e. The first-order valence-electron chi connectivity index (χ1n) is 4.89. The molecule has 1 unspecified atom stereocenters. The lowest BCUT2D eigenvalue weighted by Gasteiger charge is -2.19. The van der Waals surface area contributed by atoms with Crippen LogP contribution >= 0.6 is 0 Å². The van der Waals surface area contributed by atoms with Gasteiger partial charge in [-0.2, -0.15) is 0 Å². The van der Waals surface area contributed by atoms with E-state index in [2.05, 4.69) is 11.4 Å². The van der Waals surface area contributed by atoms with E-state index < -0.39 is 6.29 Å². The molecule has 3 nitrogen and oxygen atoms in total. The molecule has 0 spiro atoms. The van der Waals surface area contributed by atoms with Crippen LogP contribution in [0.15, 0.2) is 18.2 Å². The molecule has 0 aliphatic carbocycles. The topological polar surface area (TPSA) is 41.5 Å². The summed E-state index contributed by atoms with van der Waals surface area (Å²) >= 11 is 0. The maximum Gasteiger partial charge on any atom is 0.180 e. The SMILES string of the molecule is COC(O)c1ccc2c(c1)NCCC2. The third kappa shape index (κ3) is 1.74. The highest BCUT2D eigenvalue weighted by molar-refractivity contribution is 5.55. The van der Waals surface area contributed by atoms with E-state index in [1.54, 1.807) is 0 Å². The van der Waals surface area contributed by atoms with E-state index in [9.17, 15) is 5.11 Å². The molecule has 0 radical (unpaired) electrons. The van der Waals surface area contributed by atoms with Gasteiger partial charge in [-0.1, -0.05) is 12.1 Å². The zero-order chi connectivity index (χ0) is 9.97. The van der Waals surface area contributed by atoms with Gasteiger partial charge >= 0.3 is 0 Å². The molecule has 1 aromatic carbocycles. The number of hydrogen-bond acceptors (Lipinski definition) is 3. The van der Waals surface area contributed by atoms with Crippen molar-refractivity contribution in [2.24, 2.45) is 0 Å². The van der Waals surface area contributed by atoms with Gasteiger partial charge in [0.1, 0.15) is 0 Å². The zero-order valence-corrected chi connectivity index (χ0v) is 8.29. The maximum atomic E-state index is 9.48. The molecule has 0 saturated heterocycles. The second-order valence-corrected chi connectivity index (χ2v) is 3.53. The van der Waals surface area contributed by atoms with Crippen LogP contribution < -0.4 is 5.32 Å². The van der Waals surface area contributed by atoms with Gasteiger partial charge in [0.05, 0.1) is 0 Å². The zero-order valence-electron chi connectivity index (χ0n) is 8.29.